The van der Waals surface area contributed by atoms with Crippen LogP contribution in [0.3, 0.4) is 0 Å². The highest BCUT2D eigenvalue weighted by molar-refractivity contribution is 5.90. The molecule has 1 fully saturated rings. The lowest BCUT2D eigenvalue weighted by Gasteiger charge is -2.24. The molecule has 2 aromatic heterocycles. The Morgan fingerprint density at radius 2 is 1.94 bits per heavy atom. The second-order valence-electron chi connectivity index (χ2n) is 8.02. The molecule has 1 aliphatic rings. The van der Waals surface area contributed by atoms with Crippen LogP contribution in [0.15, 0.2) is 33.6 Å². The number of piperidine rings is 1. The monoisotopic (exact) mass is 439 g/mol. The Balaban J connectivity index is 1.13. The molecule has 1 aliphatic heterocycles. The van der Waals surface area contributed by atoms with Gasteiger partial charge in [-0.15, -0.1) is 0 Å². The van der Waals surface area contributed by atoms with E-state index in [0.717, 1.165) is 24.9 Å². The number of H-pyrrole nitrogens is 1. The summed E-state index contributed by atoms with van der Waals surface area (Å²) in [4.78, 5) is 30.7. The molecule has 1 aromatic carbocycles. The highest BCUT2D eigenvalue weighted by Gasteiger charge is 2.15. The van der Waals surface area contributed by atoms with Gasteiger partial charge in [0.1, 0.15) is 0 Å². The Morgan fingerprint density at radius 1 is 1.12 bits per heavy atom. The van der Waals surface area contributed by atoms with Gasteiger partial charge in [-0.05, 0) is 38.4 Å². The number of likely N-dealkylation sites (tertiary alicyclic amines) is 1. The van der Waals surface area contributed by atoms with Gasteiger partial charge < -0.3 is 15.2 Å². The van der Waals surface area contributed by atoms with E-state index in [1.807, 2.05) is 18.2 Å². The van der Waals surface area contributed by atoms with Crippen molar-refractivity contribution in [2.75, 3.05) is 31.5 Å². The van der Waals surface area contributed by atoms with Crippen molar-refractivity contribution in [3.05, 3.63) is 46.3 Å². The maximum absolute atomic E-state index is 12.1. The third-order valence-electron chi connectivity index (χ3n) is 5.55. The molecule has 0 saturated carbocycles. The van der Waals surface area contributed by atoms with Crippen LogP contribution < -0.4 is 16.2 Å². The van der Waals surface area contributed by atoms with Crippen LogP contribution in [0.2, 0.25) is 0 Å². The molecule has 1 saturated heterocycles. The van der Waals surface area contributed by atoms with Crippen molar-refractivity contribution in [2.24, 2.45) is 0 Å². The molecule has 0 unspecified atom stereocenters. The van der Waals surface area contributed by atoms with Crippen LogP contribution in [-0.2, 0) is 17.8 Å². The lowest BCUT2D eigenvalue weighted by molar-refractivity contribution is -0.121. The molecule has 10 nitrogen and oxygen atoms in total. The number of aryl methyl sites for hydroxylation is 1. The van der Waals surface area contributed by atoms with E-state index in [0.29, 0.717) is 55.4 Å². The normalized spacial score (nSPS) is 14.5. The van der Waals surface area contributed by atoms with E-state index >= 15 is 0 Å². The van der Waals surface area contributed by atoms with E-state index in [1.54, 1.807) is 6.07 Å². The Bertz CT molecular complexity index is 1090. The Hall–Kier alpha value is -3.27. The van der Waals surface area contributed by atoms with Gasteiger partial charge in [-0.25, -0.2) is 5.10 Å². The lowest BCUT2D eigenvalue weighted by Crippen LogP contribution is -2.29. The Morgan fingerprint density at radius 3 is 2.78 bits per heavy atom. The molecule has 0 bridgehead atoms. The Kier molecular flexibility index (Phi) is 7.44. The average molecular weight is 440 g/mol. The molecule has 4 rings (SSSR count). The van der Waals surface area contributed by atoms with Crippen LogP contribution >= 0.6 is 0 Å². The number of nitrogens with zero attached hydrogens (tertiary/aromatic N) is 4. The number of fused-ring (bicyclic) bond motifs is 1. The molecule has 0 radical (unpaired) electrons. The predicted molar refractivity (Wildman–Crippen MR) is 120 cm³/mol. The second kappa shape index (κ2) is 10.9. The molecule has 3 aromatic rings. The number of aromatic nitrogens is 4. The van der Waals surface area contributed by atoms with Crippen LogP contribution in [0.1, 0.15) is 43.8 Å². The molecule has 170 valence electrons. The molecule has 0 aliphatic carbocycles. The third kappa shape index (κ3) is 5.91. The van der Waals surface area contributed by atoms with Gasteiger partial charge in [0.25, 0.3) is 5.56 Å². The summed E-state index contributed by atoms with van der Waals surface area (Å²) in [7, 11) is 0. The summed E-state index contributed by atoms with van der Waals surface area (Å²) in [5.74, 6) is 1.78. The summed E-state index contributed by atoms with van der Waals surface area (Å²) in [6, 6.07) is 7.31. The minimum Gasteiger partial charge on any atom is -0.368 e. The molecule has 0 atom stereocenters. The van der Waals surface area contributed by atoms with Gasteiger partial charge in [-0.3, -0.25) is 14.5 Å². The van der Waals surface area contributed by atoms with E-state index in [1.165, 1.54) is 19.3 Å². The molecular formula is C22H29N7O3. The number of hydrogen-bond donors (Lipinski definition) is 3. The van der Waals surface area contributed by atoms with Crippen molar-refractivity contribution in [3.63, 3.8) is 0 Å². The fourth-order valence-electron chi connectivity index (χ4n) is 3.85. The standard InChI is InChI=1S/C22H29N7O3/c30-19(9-10-20-25-18(28-32-20)15-29-13-4-1-5-14-29)23-11-6-12-24-21-16-7-2-3-8-17(16)22(31)27-26-21/h2-3,7-8H,1,4-6,9-15H2,(H,23,30)(H,24,26)(H,27,31). The number of carbonyl (C=O) groups excluding carboxylic acids is 1. The number of carbonyl (C=O) groups is 1. The summed E-state index contributed by atoms with van der Waals surface area (Å²) in [6.45, 7) is 4.03. The largest absolute Gasteiger partial charge is 0.368 e. The summed E-state index contributed by atoms with van der Waals surface area (Å²) >= 11 is 0. The molecule has 32 heavy (non-hydrogen) atoms. The van der Waals surface area contributed by atoms with E-state index in [-0.39, 0.29) is 11.5 Å². The number of rotatable bonds is 10. The zero-order valence-electron chi connectivity index (χ0n) is 18.1. The molecule has 3 N–H and O–H groups in total. The Labute approximate surface area is 185 Å². The summed E-state index contributed by atoms with van der Waals surface area (Å²) in [5, 5.41) is 18.1. The van der Waals surface area contributed by atoms with Crippen molar-refractivity contribution in [1.82, 2.24) is 30.6 Å². The van der Waals surface area contributed by atoms with Gasteiger partial charge >= 0.3 is 0 Å². The average Bonchev–Trinajstić information content (AvgIpc) is 3.27. The fraction of sp³-hybridized carbons (Fsp3) is 0.500. The molecule has 10 heteroatoms. The smallest absolute Gasteiger partial charge is 0.272 e. The van der Waals surface area contributed by atoms with Gasteiger partial charge in [0.05, 0.1) is 11.9 Å². The molecule has 1 amide bonds. The van der Waals surface area contributed by atoms with Crippen molar-refractivity contribution in [3.8, 4) is 0 Å². The highest BCUT2D eigenvalue weighted by atomic mass is 16.5. The number of aromatic amines is 1. The molecular weight excluding hydrogens is 410 g/mol. The minimum atomic E-state index is -0.210. The maximum atomic E-state index is 12.1. The van der Waals surface area contributed by atoms with Gasteiger partial charge in [0, 0.05) is 31.3 Å². The summed E-state index contributed by atoms with van der Waals surface area (Å²) in [5.41, 5.74) is -0.210. The second-order valence-corrected chi connectivity index (χ2v) is 8.02. The van der Waals surface area contributed by atoms with Crippen molar-refractivity contribution < 1.29 is 9.32 Å². The number of hydrogen-bond acceptors (Lipinski definition) is 8. The van der Waals surface area contributed by atoms with Crippen LogP contribution in [-0.4, -0.2) is 57.3 Å². The van der Waals surface area contributed by atoms with Crippen LogP contribution in [0.25, 0.3) is 10.8 Å². The van der Waals surface area contributed by atoms with Crippen molar-refractivity contribution in [1.29, 1.82) is 0 Å². The van der Waals surface area contributed by atoms with Gasteiger partial charge in [-0.1, -0.05) is 29.8 Å². The van der Waals surface area contributed by atoms with Crippen LogP contribution in [0, 0.1) is 0 Å². The van der Waals surface area contributed by atoms with E-state index in [9.17, 15) is 9.59 Å². The van der Waals surface area contributed by atoms with Gasteiger partial charge in [-0.2, -0.15) is 10.1 Å². The predicted octanol–water partition coefficient (Wildman–Crippen LogP) is 1.84. The minimum absolute atomic E-state index is 0.0478. The quantitative estimate of drug-likeness (QED) is 0.408. The number of benzene rings is 1. The van der Waals surface area contributed by atoms with E-state index in [4.69, 9.17) is 4.52 Å². The zero-order valence-corrected chi connectivity index (χ0v) is 18.1. The number of amides is 1. The van der Waals surface area contributed by atoms with E-state index < -0.39 is 0 Å². The molecule has 3 heterocycles. The summed E-state index contributed by atoms with van der Waals surface area (Å²) < 4.78 is 5.28. The zero-order chi connectivity index (χ0) is 22.2. The van der Waals surface area contributed by atoms with Crippen LogP contribution in [0.5, 0.6) is 0 Å². The molecule has 0 spiro atoms. The first kappa shape index (κ1) is 21.9. The first-order chi connectivity index (χ1) is 15.7. The SMILES string of the molecule is O=C(CCc1nc(CN2CCCCC2)no1)NCCCNc1n[nH]c(=O)c2ccccc12. The first-order valence-electron chi connectivity index (χ1n) is 11.2. The highest BCUT2D eigenvalue weighted by Crippen LogP contribution is 2.16. The third-order valence-corrected chi connectivity index (χ3v) is 5.55. The lowest BCUT2D eigenvalue weighted by atomic mass is 10.1. The van der Waals surface area contributed by atoms with Gasteiger partial charge in [0.15, 0.2) is 11.6 Å². The summed E-state index contributed by atoms with van der Waals surface area (Å²) in [6.07, 6.45) is 5.20. The van der Waals surface area contributed by atoms with E-state index in [2.05, 4.69) is 35.9 Å². The fourth-order valence-corrected chi connectivity index (χ4v) is 3.85. The van der Waals surface area contributed by atoms with Crippen molar-refractivity contribution >= 4 is 22.5 Å². The van der Waals surface area contributed by atoms with Gasteiger partial charge in [0.2, 0.25) is 11.8 Å². The van der Waals surface area contributed by atoms with Crippen LogP contribution in [0.4, 0.5) is 5.82 Å². The number of anilines is 1. The maximum Gasteiger partial charge on any atom is 0.272 e. The topological polar surface area (TPSA) is 129 Å². The van der Waals surface area contributed by atoms with Crippen molar-refractivity contribution in [2.45, 2.75) is 45.1 Å². The number of nitrogens with one attached hydrogen (secondary N) is 3. The first-order valence-corrected chi connectivity index (χ1v) is 11.2.